The van der Waals surface area contributed by atoms with Crippen LogP contribution in [0.5, 0.6) is 0 Å². The summed E-state index contributed by atoms with van der Waals surface area (Å²) < 4.78 is 0. The summed E-state index contributed by atoms with van der Waals surface area (Å²) in [7, 11) is 1.98. The van der Waals surface area contributed by atoms with E-state index in [2.05, 4.69) is 22.3 Å². The highest BCUT2D eigenvalue weighted by Gasteiger charge is 2.38. The first-order valence-corrected chi connectivity index (χ1v) is 9.89. The van der Waals surface area contributed by atoms with Crippen molar-refractivity contribution in [3.63, 3.8) is 0 Å². The molecular formula is C23H18N2O2S. The number of ketones is 1. The minimum Gasteiger partial charge on any atom is -0.510 e. The van der Waals surface area contributed by atoms with Crippen LogP contribution in [-0.2, 0) is 4.79 Å². The second-order valence-corrected chi connectivity index (χ2v) is 7.98. The number of nitrogens with one attached hydrogen (secondary N) is 1. The molecule has 0 saturated carbocycles. The number of anilines is 2. The third kappa shape index (κ3) is 2.67. The van der Waals surface area contributed by atoms with Crippen molar-refractivity contribution < 1.29 is 9.90 Å². The molecule has 0 bridgehead atoms. The van der Waals surface area contributed by atoms with Gasteiger partial charge in [-0.3, -0.25) is 4.79 Å². The van der Waals surface area contributed by atoms with Crippen molar-refractivity contribution in [2.75, 3.05) is 17.3 Å². The largest absolute Gasteiger partial charge is 0.510 e. The normalized spacial score (nSPS) is 23.0. The number of nitrogens with zero attached hydrogens (tertiary/aromatic N) is 1. The lowest BCUT2D eigenvalue weighted by Crippen LogP contribution is -2.30. The summed E-state index contributed by atoms with van der Waals surface area (Å²) in [4.78, 5) is 15.9. The zero-order valence-electron chi connectivity index (χ0n) is 15.2. The van der Waals surface area contributed by atoms with Gasteiger partial charge in [-0.05, 0) is 42.0 Å². The number of allylic oxidation sites excluding steroid dienone is 4. The quantitative estimate of drug-likeness (QED) is 0.752. The molecule has 2 heterocycles. The zero-order valence-corrected chi connectivity index (χ0v) is 16.0. The van der Waals surface area contributed by atoms with Crippen LogP contribution in [0.3, 0.4) is 0 Å². The van der Waals surface area contributed by atoms with Gasteiger partial charge in [-0.2, -0.15) is 0 Å². The van der Waals surface area contributed by atoms with E-state index in [9.17, 15) is 9.90 Å². The van der Waals surface area contributed by atoms with E-state index in [0.717, 1.165) is 32.6 Å². The maximum absolute atomic E-state index is 12.7. The molecule has 0 amide bonds. The third-order valence-corrected chi connectivity index (χ3v) is 6.37. The van der Waals surface area contributed by atoms with Crippen LogP contribution in [-0.4, -0.2) is 17.9 Å². The molecule has 2 aromatic carbocycles. The topological polar surface area (TPSA) is 52.6 Å². The number of para-hydroxylation sites is 2. The summed E-state index contributed by atoms with van der Waals surface area (Å²) in [6.07, 6.45) is 7.49. The fourth-order valence-electron chi connectivity index (χ4n) is 3.59. The lowest BCUT2D eigenvalue weighted by Gasteiger charge is -2.26. The number of Topliss-reactive ketones (excluding diaryl/α,β-unsaturated/α-hetero) is 1. The van der Waals surface area contributed by atoms with Crippen LogP contribution in [0, 0.1) is 5.92 Å². The van der Waals surface area contributed by atoms with E-state index >= 15 is 0 Å². The molecule has 1 unspecified atom stereocenters. The van der Waals surface area contributed by atoms with Crippen LogP contribution in [0.25, 0.3) is 6.08 Å². The molecule has 5 rings (SSSR count). The fourth-order valence-corrected chi connectivity index (χ4v) is 4.71. The Labute approximate surface area is 167 Å². The molecule has 0 spiro atoms. The van der Waals surface area contributed by atoms with Crippen LogP contribution in [0.15, 0.2) is 93.7 Å². The van der Waals surface area contributed by atoms with Crippen LogP contribution in [0.2, 0.25) is 0 Å². The number of hydrogen-bond donors (Lipinski definition) is 2. The van der Waals surface area contributed by atoms with Gasteiger partial charge < -0.3 is 15.3 Å². The zero-order chi connectivity index (χ0) is 19.3. The molecule has 0 fully saturated rings. The number of aliphatic hydroxyl groups is 1. The van der Waals surface area contributed by atoms with Crippen LogP contribution < -0.4 is 10.2 Å². The first kappa shape index (κ1) is 17.0. The maximum Gasteiger partial charge on any atom is 0.180 e. The second-order valence-electron chi connectivity index (χ2n) is 6.92. The molecule has 2 N–H and O–H groups in total. The SMILES string of the molecule is CN1/C(=C/C2C(=O)C(/C=C3\C=Cc4ccccc4N3)=C2O)Sc2ccccc21. The summed E-state index contributed by atoms with van der Waals surface area (Å²) in [5.41, 5.74) is 4.37. The first-order chi connectivity index (χ1) is 13.6. The van der Waals surface area contributed by atoms with Gasteiger partial charge >= 0.3 is 0 Å². The highest BCUT2D eigenvalue weighted by Crippen LogP contribution is 2.46. The average Bonchev–Trinajstić information content (AvgIpc) is 3.05. The Hall–Kier alpha value is -3.18. The lowest BCUT2D eigenvalue weighted by atomic mass is 9.81. The van der Waals surface area contributed by atoms with Crippen molar-refractivity contribution in [3.8, 4) is 0 Å². The van der Waals surface area contributed by atoms with E-state index in [1.807, 2.05) is 61.7 Å². The molecule has 2 aromatic rings. The van der Waals surface area contributed by atoms with Gasteiger partial charge in [0.2, 0.25) is 0 Å². The molecule has 4 nitrogen and oxygen atoms in total. The fraction of sp³-hybridized carbons (Fsp3) is 0.0870. The Morgan fingerprint density at radius 3 is 2.71 bits per heavy atom. The number of carbonyl (C=O) groups excluding carboxylic acids is 1. The van der Waals surface area contributed by atoms with E-state index in [-0.39, 0.29) is 11.5 Å². The lowest BCUT2D eigenvalue weighted by molar-refractivity contribution is -0.120. The van der Waals surface area contributed by atoms with Gasteiger partial charge in [-0.15, -0.1) is 0 Å². The molecule has 28 heavy (non-hydrogen) atoms. The van der Waals surface area contributed by atoms with Gasteiger partial charge in [0.05, 0.1) is 16.3 Å². The van der Waals surface area contributed by atoms with Crippen LogP contribution in [0.1, 0.15) is 5.56 Å². The Morgan fingerprint density at radius 2 is 1.89 bits per heavy atom. The molecule has 1 aliphatic carbocycles. The Balaban J connectivity index is 1.39. The van der Waals surface area contributed by atoms with E-state index in [1.54, 1.807) is 17.8 Å². The number of aliphatic hydroxyl groups excluding tert-OH is 1. The molecule has 1 atom stereocenters. The molecule has 3 aliphatic rings. The number of benzene rings is 2. The van der Waals surface area contributed by atoms with Gasteiger partial charge in [0, 0.05) is 23.3 Å². The van der Waals surface area contributed by atoms with Crippen molar-refractivity contribution >= 4 is 35.0 Å². The van der Waals surface area contributed by atoms with Crippen LogP contribution in [0.4, 0.5) is 11.4 Å². The summed E-state index contributed by atoms with van der Waals surface area (Å²) in [6, 6.07) is 16.1. The average molecular weight is 386 g/mol. The van der Waals surface area contributed by atoms with Crippen LogP contribution >= 0.6 is 11.8 Å². The first-order valence-electron chi connectivity index (χ1n) is 9.07. The Bertz CT molecular complexity index is 1130. The molecule has 5 heteroatoms. The number of carbonyl (C=O) groups is 1. The van der Waals surface area contributed by atoms with Gasteiger partial charge in [-0.25, -0.2) is 0 Å². The third-order valence-electron chi connectivity index (χ3n) is 5.18. The smallest absolute Gasteiger partial charge is 0.180 e. The summed E-state index contributed by atoms with van der Waals surface area (Å²) in [5.74, 6) is -0.508. The number of rotatable bonds is 2. The molecule has 0 saturated heterocycles. The van der Waals surface area contributed by atoms with Crippen molar-refractivity contribution in [3.05, 3.63) is 94.4 Å². The molecular weight excluding hydrogens is 368 g/mol. The number of hydrogen-bond acceptors (Lipinski definition) is 5. The number of thioether (sulfide) groups is 1. The van der Waals surface area contributed by atoms with Crippen molar-refractivity contribution in [1.29, 1.82) is 0 Å². The Morgan fingerprint density at radius 1 is 1.11 bits per heavy atom. The van der Waals surface area contributed by atoms with E-state index in [0.29, 0.717) is 5.57 Å². The highest BCUT2D eigenvalue weighted by atomic mass is 32.2. The molecule has 0 radical (unpaired) electrons. The summed E-state index contributed by atoms with van der Waals surface area (Å²) in [5, 5.41) is 14.8. The van der Waals surface area contributed by atoms with Gasteiger partial charge in [0.15, 0.2) is 5.78 Å². The molecule has 2 aliphatic heterocycles. The van der Waals surface area contributed by atoms with Gasteiger partial charge in [0.1, 0.15) is 11.7 Å². The number of fused-ring (bicyclic) bond motifs is 2. The van der Waals surface area contributed by atoms with E-state index < -0.39 is 5.92 Å². The van der Waals surface area contributed by atoms with Crippen molar-refractivity contribution in [2.24, 2.45) is 5.92 Å². The van der Waals surface area contributed by atoms with Crippen molar-refractivity contribution in [2.45, 2.75) is 4.90 Å². The predicted octanol–water partition coefficient (Wildman–Crippen LogP) is 5.10. The van der Waals surface area contributed by atoms with E-state index in [4.69, 9.17) is 0 Å². The standard InChI is InChI=1S/C23H18N2O2S/c1-25-19-8-4-5-9-20(19)28-21(25)13-17-22(26)16(23(17)27)12-15-11-10-14-6-2-3-7-18(14)24-15/h2-13,17,24,26H,1H3/b15-12+,21-13-. The minimum atomic E-state index is -0.578. The predicted molar refractivity (Wildman–Crippen MR) is 114 cm³/mol. The monoisotopic (exact) mass is 386 g/mol. The molecule has 0 aromatic heterocycles. The maximum atomic E-state index is 12.7. The highest BCUT2D eigenvalue weighted by molar-refractivity contribution is 8.03. The second kappa shape index (κ2) is 6.46. The summed E-state index contributed by atoms with van der Waals surface area (Å²) in [6.45, 7) is 0. The van der Waals surface area contributed by atoms with E-state index in [1.165, 1.54) is 0 Å². The molecule has 138 valence electrons. The van der Waals surface area contributed by atoms with Gasteiger partial charge in [0.25, 0.3) is 0 Å². The van der Waals surface area contributed by atoms with Gasteiger partial charge in [-0.1, -0.05) is 48.2 Å². The van der Waals surface area contributed by atoms with Crippen molar-refractivity contribution in [1.82, 2.24) is 0 Å². The summed E-state index contributed by atoms with van der Waals surface area (Å²) >= 11 is 1.62. The minimum absolute atomic E-state index is 0.0588. The Kier molecular flexibility index (Phi) is 3.91.